The molecule has 0 aliphatic carbocycles. The highest BCUT2D eigenvalue weighted by molar-refractivity contribution is 6.18. The van der Waals surface area contributed by atoms with Gasteiger partial charge in [0.05, 0.1) is 19.3 Å². The summed E-state index contributed by atoms with van der Waals surface area (Å²) in [5.74, 6) is 0.973. The van der Waals surface area contributed by atoms with Gasteiger partial charge in [-0.05, 0) is 24.2 Å². The summed E-state index contributed by atoms with van der Waals surface area (Å²) in [7, 11) is 0. The average molecular weight is 494 g/mol. The van der Waals surface area contributed by atoms with Gasteiger partial charge in [-0.25, -0.2) is 4.98 Å². The Morgan fingerprint density at radius 3 is 1.92 bits per heavy atom. The maximum atomic E-state index is 9.45. The van der Waals surface area contributed by atoms with Crippen LogP contribution in [0.15, 0.2) is 121 Å². The van der Waals surface area contributed by atoms with Gasteiger partial charge >= 0.3 is 0 Å². The van der Waals surface area contributed by atoms with Crippen LogP contribution in [0.3, 0.4) is 0 Å². The fourth-order valence-corrected chi connectivity index (χ4v) is 4.93. The summed E-state index contributed by atoms with van der Waals surface area (Å²) >= 11 is 0. The van der Waals surface area contributed by atoms with Gasteiger partial charge in [0, 0.05) is 43.7 Å². The fraction of sp³-hybridized carbons (Fsp3) is 0. The average Bonchev–Trinajstić information content (AvgIpc) is 3.58. The Bertz CT molecular complexity index is 2400. The molecule has 0 saturated heterocycles. The Morgan fingerprint density at radius 1 is 0.553 bits per heavy atom. The minimum absolute atomic E-state index is 0.0261. The molecule has 0 unspecified atom stereocenters. The lowest BCUT2D eigenvalue weighted by Gasteiger charge is -2.10. The summed E-state index contributed by atoms with van der Waals surface area (Å²) in [6.45, 7) is 0. The lowest BCUT2D eigenvalue weighted by molar-refractivity contribution is 0.954. The summed E-state index contributed by atoms with van der Waals surface area (Å²) in [6.07, 6.45) is 0. The first-order valence-corrected chi connectivity index (χ1v) is 12.1. The molecule has 0 spiro atoms. The molecule has 5 nitrogen and oxygen atoms in total. The molecular formula is C33H21N5. The number of hydrogen-bond acceptors (Lipinski definition) is 3. The van der Waals surface area contributed by atoms with Gasteiger partial charge < -0.3 is 4.98 Å². The molecular weight excluding hydrogens is 466 g/mol. The smallest absolute Gasteiger partial charge is 0.238 e. The van der Waals surface area contributed by atoms with Gasteiger partial charge in [0.15, 0.2) is 11.6 Å². The van der Waals surface area contributed by atoms with Gasteiger partial charge in [0.1, 0.15) is 0 Å². The molecule has 1 N–H and O–H groups in total. The molecule has 5 heteroatoms. The third kappa shape index (κ3) is 3.15. The minimum atomic E-state index is 0.0261. The van der Waals surface area contributed by atoms with Crippen molar-refractivity contribution in [3.63, 3.8) is 0 Å². The highest BCUT2D eigenvalue weighted by Gasteiger charge is 2.19. The molecule has 38 heavy (non-hydrogen) atoms. The topological polar surface area (TPSA) is 59.4 Å². The first kappa shape index (κ1) is 15.7. The fourth-order valence-electron chi connectivity index (χ4n) is 4.93. The van der Waals surface area contributed by atoms with Crippen LogP contribution in [0.25, 0.3) is 72.3 Å². The van der Waals surface area contributed by atoms with E-state index in [-0.39, 0.29) is 42.2 Å². The summed E-state index contributed by atoms with van der Waals surface area (Å²) in [6, 6.07) is 25.4. The molecule has 0 fully saturated rings. The molecule has 0 aliphatic heterocycles. The number of nitrogens with zero attached hydrogens (tertiary/aromatic N) is 4. The quantitative estimate of drug-likeness (QED) is 0.272. The molecule has 0 atom stereocenters. The zero-order valence-corrected chi connectivity index (χ0v) is 19.9. The Balaban J connectivity index is 1.57. The number of benzene rings is 5. The highest BCUT2D eigenvalue weighted by atomic mass is 15.2. The molecule has 0 radical (unpaired) electrons. The zero-order chi connectivity index (χ0) is 30.3. The van der Waals surface area contributed by atoms with Crippen molar-refractivity contribution in [2.45, 2.75) is 0 Å². The van der Waals surface area contributed by atoms with Crippen LogP contribution in [0.2, 0.25) is 0 Å². The number of hydrogen-bond donors (Lipinski definition) is 1. The van der Waals surface area contributed by atoms with Crippen LogP contribution in [0.1, 0.15) is 8.22 Å². The van der Waals surface area contributed by atoms with Gasteiger partial charge in [-0.2, -0.15) is 9.97 Å². The molecule has 8 aromatic rings. The second-order valence-electron chi connectivity index (χ2n) is 8.95. The molecule has 8 rings (SSSR count). The summed E-state index contributed by atoms with van der Waals surface area (Å²) in [5.41, 5.74) is 2.94. The lowest BCUT2D eigenvalue weighted by Crippen LogP contribution is -2.06. The Kier molecular flexibility index (Phi) is 3.36. The first-order chi connectivity index (χ1) is 21.3. The van der Waals surface area contributed by atoms with Crippen LogP contribution in [-0.2, 0) is 0 Å². The Morgan fingerprint density at radius 2 is 1.21 bits per heavy atom. The number of aromatic amines is 1. The Labute approximate surface area is 226 Å². The van der Waals surface area contributed by atoms with E-state index in [2.05, 4.69) is 4.98 Å². The number of nitrogens with one attached hydrogen (secondary N) is 1. The van der Waals surface area contributed by atoms with Gasteiger partial charge in [-0.3, -0.25) is 4.57 Å². The van der Waals surface area contributed by atoms with Gasteiger partial charge in [-0.1, -0.05) is 97.0 Å². The van der Waals surface area contributed by atoms with Gasteiger partial charge in [0.25, 0.3) is 0 Å². The number of fused-ring (bicyclic) bond motifs is 6. The zero-order valence-electron chi connectivity index (χ0n) is 25.9. The number of aromatic nitrogens is 5. The SMILES string of the molecule is [2H]c1cc([2H])c2[nH]c3c([2H])c4c(c([2H])c3c2c1)c1cc([2H])cc([2H])c1n4-c1nc(-c2ccccc2)nc(-c2ccccc2)n1. The number of para-hydroxylation sites is 2. The normalized spacial score (nSPS) is 13.9. The van der Waals surface area contributed by atoms with Crippen LogP contribution >= 0.6 is 0 Å². The molecule has 5 aromatic carbocycles. The predicted octanol–water partition coefficient (Wildman–Crippen LogP) is 7.94. The molecule has 0 amide bonds. The van der Waals surface area contributed by atoms with E-state index in [0.717, 1.165) is 11.1 Å². The van der Waals surface area contributed by atoms with Crippen molar-refractivity contribution < 1.29 is 8.22 Å². The third-order valence-electron chi connectivity index (χ3n) is 6.68. The van der Waals surface area contributed by atoms with E-state index >= 15 is 0 Å². The van der Waals surface area contributed by atoms with E-state index in [1.807, 2.05) is 60.7 Å². The molecule has 0 bridgehead atoms. The molecule has 0 aliphatic rings. The number of H-pyrrole nitrogens is 1. The maximum absolute atomic E-state index is 9.45. The van der Waals surface area contributed by atoms with Crippen molar-refractivity contribution in [2.75, 3.05) is 0 Å². The van der Waals surface area contributed by atoms with E-state index in [1.165, 1.54) is 12.1 Å². The van der Waals surface area contributed by atoms with Crippen molar-refractivity contribution >= 4 is 43.6 Å². The van der Waals surface area contributed by atoms with Gasteiger partial charge in [0.2, 0.25) is 5.95 Å². The second-order valence-corrected chi connectivity index (χ2v) is 8.95. The molecule has 178 valence electrons. The van der Waals surface area contributed by atoms with Crippen molar-refractivity contribution in [1.29, 1.82) is 0 Å². The van der Waals surface area contributed by atoms with Crippen LogP contribution in [0.5, 0.6) is 0 Å². The van der Waals surface area contributed by atoms with Crippen LogP contribution in [0.4, 0.5) is 0 Å². The van der Waals surface area contributed by atoms with E-state index in [0.29, 0.717) is 55.3 Å². The van der Waals surface area contributed by atoms with E-state index in [1.54, 1.807) is 16.7 Å². The van der Waals surface area contributed by atoms with Crippen LogP contribution in [0, 0.1) is 0 Å². The lowest BCUT2D eigenvalue weighted by atomic mass is 10.1. The molecule has 3 heterocycles. The second kappa shape index (κ2) is 8.11. The predicted molar refractivity (Wildman–Crippen MR) is 154 cm³/mol. The van der Waals surface area contributed by atoms with Crippen molar-refractivity contribution in [2.24, 2.45) is 0 Å². The molecule has 0 saturated carbocycles. The van der Waals surface area contributed by atoms with Crippen molar-refractivity contribution in [3.05, 3.63) is 121 Å². The van der Waals surface area contributed by atoms with Gasteiger partial charge in [-0.15, -0.1) is 0 Å². The van der Waals surface area contributed by atoms with Crippen LogP contribution < -0.4 is 0 Å². The third-order valence-corrected chi connectivity index (χ3v) is 6.68. The summed E-state index contributed by atoms with van der Waals surface area (Å²) in [4.78, 5) is 17.7. The van der Waals surface area contributed by atoms with Crippen molar-refractivity contribution in [3.8, 4) is 28.7 Å². The minimum Gasteiger partial charge on any atom is -0.354 e. The van der Waals surface area contributed by atoms with Crippen LogP contribution in [-0.4, -0.2) is 24.5 Å². The van der Waals surface area contributed by atoms with Crippen molar-refractivity contribution in [1.82, 2.24) is 24.5 Å². The standard InChI is InChI=1S/C33H21N5/c1-3-11-21(12-4-1)31-35-32(22-13-5-2-6-14-22)37-33(36-31)38-29-18-10-8-16-24(29)26-19-25-23-15-7-9-17-27(23)34-28(25)20-30(26)38/h1-20,34H/i7D,8D,17D,18D,19D,20D. The first-order valence-electron chi connectivity index (χ1n) is 15.1. The van der Waals surface area contributed by atoms with E-state index in [4.69, 9.17) is 20.4 Å². The largest absolute Gasteiger partial charge is 0.354 e. The monoisotopic (exact) mass is 493 g/mol. The Hall–Kier alpha value is -5.29. The molecule has 3 aromatic heterocycles. The maximum Gasteiger partial charge on any atom is 0.238 e. The number of rotatable bonds is 3. The summed E-state index contributed by atoms with van der Waals surface area (Å²) < 4.78 is 54.5. The summed E-state index contributed by atoms with van der Waals surface area (Å²) in [5, 5.41) is 1.73. The highest BCUT2D eigenvalue weighted by Crippen LogP contribution is 2.36. The van der Waals surface area contributed by atoms with E-state index in [9.17, 15) is 2.74 Å². The van der Waals surface area contributed by atoms with E-state index < -0.39 is 0 Å².